The molecule has 2 atom stereocenters. The molecule has 2 fully saturated rings. The number of aliphatic hydroxyl groups excluding tert-OH is 1. The van der Waals surface area contributed by atoms with Crippen LogP contribution >= 0.6 is 0 Å². The van der Waals surface area contributed by atoms with E-state index in [0.717, 1.165) is 39.1 Å². The molecule has 1 aromatic carbocycles. The van der Waals surface area contributed by atoms with E-state index in [0.29, 0.717) is 5.92 Å². The minimum Gasteiger partial charge on any atom is -0.396 e. The monoisotopic (exact) mass is 317 g/mol. The lowest BCUT2D eigenvalue weighted by molar-refractivity contribution is 0.0270. The summed E-state index contributed by atoms with van der Waals surface area (Å²) >= 11 is 0. The normalized spacial score (nSPS) is 27.8. The van der Waals surface area contributed by atoms with Crippen molar-refractivity contribution in [2.24, 2.45) is 11.3 Å². The Hall–Kier alpha value is -1.59. The van der Waals surface area contributed by atoms with E-state index in [4.69, 9.17) is 0 Å². The first-order valence-electron chi connectivity index (χ1n) is 8.37. The summed E-state index contributed by atoms with van der Waals surface area (Å²) in [7, 11) is 3.60. The molecule has 5 nitrogen and oxygen atoms in total. The molecule has 1 N–H and O–H groups in total. The highest BCUT2D eigenvalue weighted by Crippen LogP contribution is 2.43. The van der Waals surface area contributed by atoms with Gasteiger partial charge in [0.15, 0.2) is 0 Å². The van der Waals surface area contributed by atoms with Crippen molar-refractivity contribution in [3.63, 3.8) is 0 Å². The Morgan fingerprint density at radius 3 is 2.70 bits per heavy atom. The van der Waals surface area contributed by atoms with Crippen molar-refractivity contribution in [1.29, 1.82) is 0 Å². The molecule has 2 aliphatic heterocycles. The molecule has 126 valence electrons. The summed E-state index contributed by atoms with van der Waals surface area (Å²) < 4.78 is 0. The van der Waals surface area contributed by atoms with Crippen LogP contribution in [0.15, 0.2) is 30.3 Å². The quantitative estimate of drug-likeness (QED) is 0.919. The lowest BCUT2D eigenvalue weighted by Gasteiger charge is -2.43. The zero-order valence-corrected chi connectivity index (χ0v) is 14.1. The molecular weight excluding hydrogens is 290 g/mol. The van der Waals surface area contributed by atoms with Gasteiger partial charge in [-0.2, -0.15) is 0 Å². The van der Waals surface area contributed by atoms with Crippen molar-refractivity contribution in [1.82, 2.24) is 14.7 Å². The van der Waals surface area contributed by atoms with Gasteiger partial charge in [-0.05, 0) is 17.9 Å². The van der Waals surface area contributed by atoms with E-state index >= 15 is 0 Å². The van der Waals surface area contributed by atoms with Crippen LogP contribution in [0.5, 0.6) is 0 Å². The van der Waals surface area contributed by atoms with Crippen LogP contribution in [0.2, 0.25) is 0 Å². The second-order valence-corrected chi connectivity index (χ2v) is 7.25. The Morgan fingerprint density at radius 2 is 2.04 bits per heavy atom. The van der Waals surface area contributed by atoms with Crippen molar-refractivity contribution in [2.45, 2.75) is 13.0 Å². The van der Waals surface area contributed by atoms with Crippen LogP contribution in [0.4, 0.5) is 4.79 Å². The smallest absolute Gasteiger partial charge is 0.319 e. The molecule has 0 saturated carbocycles. The van der Waals surface area contributed by atoms with E-state index in [1.165, 1.54) is 5.56 Å². The maximum Gasteiger partial charge on any atom is 0.319 e. The number of benzene rings is 1. The average molecular weight is 317 g/mol. The Balaban J connectivity index is 1.69. The fourth-order valence-corrected chi connectivity index (χ4v) is 4.07. The number of urea groups is 1. The zero-order chi connectivity index (χ0) is 16.4. The molecule has 2 heterocycles. The largest absolute Gasteiger partial charge is 0.396 e. The van der Waals surface area contributed by atoms with Gasteiger partial charge in [0.25, 0.3) is 0 Å². The van der Waals surface area contributed by atoms with E-state index in [1.807, 2.05) is 11.0 Å². The van der Waals surface area contributed by atoms with Gasteiger partial charge in [-0.1, -0.05) is 30.3 Å². The first-order valence-corrected chi connectivity index (χ1v) is 8.37. The molecule has 2 amide bonds. The second kappa shape index (κ2) is 6.49. The summed E-state index contributed by atoms with van der Waals surface area (Å²) in [6.07, 6.45) is 0.888. The number of carbonyl (C=O) groups excluding carboxylic acids is 1. The topological polar surface area (TPSA) is 47.0 Å². The SMILES string of the molecule is CN(C)C(=O)N1CC[C@@]2(CO)CN(Cc3ccccc3)C[C@H]2C1. The molecule has 5 heteroatoms. The number of hydrogen-bond donors (Lipinski definition) is 1. The van der Waals surface area contributed by atoms with Crippen LogP contribution in [0.25, 0.3) is 0 Å². The molecule has 0 bridgehead atoms. The molecule has 0 aromatic heterocycles. The molecule has 3 rings (SSSR count). The van der Waals surface area contributed by atoms with Crippen molar-refractivity contribution in [2.75, 3.05) is 46.9 Å². The molecule has 0 unspecified atom stereocenters. The number of carbonyl (C=O) groups is 1. The number of likely N-dealkylation sites (tertiary alicyclic amines) is 2. The van der Waals surface area contributed by atoms with Crippen LogP contribution in [-0.2, 0) is 6.54 Å². The molecule has 23 heavy (non-hydrogen) atoms. The minimum atomic E-state index is -0.0438. The highest BCUT2D eigenvalue weighted by Gasteiger charge is 2.49. The molecule has 0 radical (unpaired) electrons. The number of hydrogen-bond acceptors (Lipinski definition) is 3. The second-order valence-electron chi connectivity index (χ2n) is 7.25. The van der Waals surface area contributed by atoms with E-state index in [9.17, 15) is 9.90 Å². The van der Waals surface area contributed by atoms with Crippen LogP contribution in [-0.4, -0.2) is 72.7 Å². The van der Waals surface area contributed by atoms with Gasteiger partial charge in [0.05, 0.1) is 6.61 Å². The van der Waals surface area contributed by atoms with Crippen LogP contribution < -0.4 is 0 Å². The summed E-state index contributed by atoms with van der Waals surface area (Å²) in [4.78, 5) is 18.2. The highest BCUT2D eigenvalue weighted by molar-refractivity contribution is 5.74. The summed E-state index contributed by atoms with van der Waals surface area (Å²) in [5.74, 6) is 0.355. The predicted octanol–water partition coefficient (Wildman–Crippen LogP) is 1.48. The van der Waals surface area contributed by atoms with E-state index in [2.05, 4.69) is 29.2 Å². The summed E-state index contributed by atoms with van der Waals surface area (Å²) in [5, 5.41) is 10.0. The van der Waals surface area contributed by atoms with E-state index in [1.54, 1.807) is 19.0 Å². The van der Waals surface area contributed by atoms with Gasteiger partial charge in [0.2, 0.25) is 0 Å². The third-order valence-corrected chi connectivity index (χ3v) is 5.42. The molecule has 2 saturated heterocycles. The first kappa shape index (κ1) is 16.3. The van der Waals surface area contributed by atoms with Gasteiger partial charge in [-0.3, -0.25) is 4.90 Å². The van der Waals surface area contributed by atoms with E-state index in [-0.39, 0.29) is 18.1 Å². The molecule has 0 aliphatic carbocycles. The number of amides is 2. The standard InChI is InChI=1S/C18H27N3O2/c1-19(2)17(23)21-9-8-18(14-22)13-20(11-16(18)12-21)10-15-6-4-3-5-7-15/h3-7,16,22H,8-14H2,1-2H3/t16-,18-/m0/s1. The van der Waals surface area contributed by atoms with Crippen LogP contribution in [0, 0.1) is 11.3 Å². The lowest BCUT2D eigenvalue weighted by atomic mass is 9.73. The van der Waals surface area contributed by atoms with Crippen molar-refractivity contribution in [3.05, 3.63) is 35.9 Å². The van der Waals surface area contributed by atoms with Gasteiger partial charge < -0.3 is 14.9 Å². The lowest BCUT2D eigenvalue weighted by Crippen LogP contribution is -2.52. The van der Waals surface area contributed by atoms with Crippen LogP contribution in [0.3, 0.4) is 0 Å². The maximum absolute atomic E-state index is 12.2. The Kier molecular flexibility index (Phi) is 4.60. The first-order chi connectivity index (χ1) is 11.0. The van der Waals surface area contributed by atoms with Gasteiger partial charge in [0, 0.05) is 52.2 Å². The molecule has 1 aromatic rings. The van der Waals surface area contributed by atoms with Gasteiger partial charge in [0.1, 0.15) is 0 Å². The van der Waals surface area contributed by atoms with Crippen molar-refractivity contribution < 1.29 is 9.90 Å². The average Bonchev–Trinajstić information content (AvgIpc) is 2.92. The number of rotatable bonds is 3. The van der Waals surface area contributed by atoms with Gasteiger partial charge in [-0.15, -0.1) is 0 Å². The molecular formula is C18H27N3O2. The third kappa shape index (κ3) is 3.21. The number of piperidine rings is 1. The number of nitrogens with zero attached hydrogens (tertiary/aromatic N) is 3. The predicted molar refractivity (Wildman–Crippen MR) is 90.0 cm³/mol. The van der Waals surface area contributed by atoms with Gasteiger partial charge >= 0.3 is 6.03 Å². The summed E-state index contributed by atoms with van der Waals surface area (Å²) in [6.45, 7) is 4.50. The zero-order valence-electron chi connectivity index (χ0n) is 14.1. The Labute approximate surface area is 138 Å². The number of aliphatic hydroxyl groups is 1. The minimum absolute atomic E-state index is 0.0438. The van der Waals surface area contributed by atoms with Crippen molar-refractivity contribution >= 4 is 6.03 Å². The highest BCUT2D eigenvalue weighted by atomic mass is 16.3. The van der Waals surface area contributed by atoms with E-state index < -0.39 is 0 Å². The Bertz CT molecular complexity index is 548. The van der Waals surface area contributed by atoms with Gasteiger partial charge in [-0.25, -0.2) is 4.79 Å². The molecule has 2 aliphatic rings. The maximum atomic E-state index is 12.2. The Morgan fingerprint density at radius 1 is 1.30 bits per heavy atom. The van der Waals surface area contributed by atoms with Crippen LogP contribution in [0.1, 0.15) is 12.0 Å². The number of fused-ring (bicyclic) bond motifs is 1. The molecule has 0 spiro atoms. The fraction of sp³-hybridized carbons (Fsp3) is 0.611. The van der Waals surface area contributed by atoms with Crippen molar-refractivity contribution in [3.8, 4) is 0 Å². The summed E-state index contributed by atoms with van der Waals surface area (Å²) in [6, 6.07) is 10.5. The third-order valence-electron chi connectivity index (χ3n) is 5.42. The summed E-state index contributed by atoms with van der Waals surface area (Å²) in [5.41, 5.74) is 1.26. The fourth-order valence-electron chi connectivity index (χ4n) is 4.07.